The first-order valence-corrected chi connectivity index (χ1v) is 9.38. The van der Waals surface area contributed by atoms with Gasteiger partial charge in [0.1, 0.15) is 5.82 Å². The molecule has 1 fully saturated rings. The molecule has 150 valence electrons. The number of methoxy groups -OCH3 is 1. The van der Waals surface area contributed by atoms with Gasteiger partial charge in [-0.25, -0.2) is 4.39 Å². The highest BCUT2D eigenvalue weighted by Crippen LogP contribution is 2.23. The zero-order valence-corrected chi connectivity index (χ0v) is 16.1. The highest BCUT2D eigenvalue weighted by atomic mass is 19.1. The van der Waals surface area contributed by atoms with Gasteiger partial charge >= 0.3 is 0 Å². The van der Waals surface area contributed by atoms with E-state index < -0.39 is 0 Å². The number of ether oxygens (including phenoxy) is 2. The van der Waals surface area contributed by atoms with Crippen molar-refractivity contribution in [3.63, 3.8) is 0 Å². The fraction of sp³-hybridized carbons (Fsp3) is 0.381. The second-order valence-electron chi connectivity index (χ2n) is 6.66. The van der Waals surface area contributed by atoms with Crippen molar-refractivity contribution in [3.8, 4) is 0 Å². The lowest BCUT2D eigenvalue weighted by Gasteiger charge is -2.34. The number of rotatable bonds is 7. The van der Waals surface area contributed by atoms with Gasteiger partial charge in [0.25, 0.3) is 0 Å². The summed E-state index contributed by atoms with van der Waals surface area (Å²) in [6, 6.07) is 14.4. The molecule has 28 heavy (non-hydrogen) atoms. The molecular formula is C21H27FN4O2. The number of nitrogens with zero attached hydrogens (tertiary/aromatic N) is 2. The quantitative estimate of drug-likeness (QED) is 0.566. The second-order valence-corrected chi connectivity index (χ2v) is 6.66. The van der Waals surface area contributed by atoms with Gasteiger partial charge in [-0.05, 0) is 23.8 Å². The Balaban J connectivity index is 1.73. The maximum absolute atomic E-state index is 13.3. The van der Waals surface area contributed by atoms with Gasteiger partial charge in [0.2, 0.25) is 0 Å². The van der Waals surface area contributed by atoms with Crippen LogP contribution < -0.4 is 11.1 Å². The third kappa shape index (κ3) is 5.51. The number of benzene rings is 2. The van der Waals surface area contributed by atoms with Crippen LogP contribution >= 0.6 is 0 Å². The predicted octanol–water partition coefficient (Wildman–Crippen LogP) is 2.77. The van der Waals surface area contributed by atoms with Gasteiger partial charge in [0.05, 0.1) is 32.4 Å². The highest BCUT2D eigenvalue weighted by molar-refractivity contribution is 5.93. The van der Waals surface area contributed by atoms with Crippen LogP contribution in [0, 0.1) is 5.82 Å². The Bertz CT molecular complexity index is 776. The van der Waals surface area contributed by atoms with Gasteiger partial charge in [-0.2, -0.15) is 0 Å². The first-order chi connectivity index (χ1) is 13.7. The molecular weight excluding hydrogens is 359 g/mol. The molecule has 1 unspecified atom stereocenters. The van der Waals surface area contributed by atoms with E-state index in [1.807, 2.05) is 36.4 Å². The van der Waals surface area contributed by atoms with Crippen LogP contribution in [0.25, 0.3) is 0 Å². The Labute approximate surface area is 165 Å². The summed E-state index contributed by atoms with van der Waals surface area (Å²) in [6.45, 7) is 3.93. The number of hydrogen-bond acceptors (Lipinski definition) is 4. The average Bonchev–Trinajstić information content (AvgIpc) is 2.72. The van der Waals surface area contributed by atoms with E-state index in [0.717, 1.165) is 29.9 Å². The second kappa shape index (κ2) is 10.2. The van der Waals surface area contributed by atoms with Crippen molar-refractivity contribution in [3.05, 3.63) is 65.5 Å². The molecule has 0 spiro atoms. The molecule has 1 atom stereocenters. The van der Waals surface area contributed by atoms with Crippen molar-refractivity contribution in [2.24, 2.45) is 10.7 Å². The van der Waals surface area contributed by atoms with E-state index in [9.17, 15) is 4.39 Å². The van der Waals surface area contributed by atoms with Crippen LogP contribution in [0.5, 0.6) is 0 Å². The Morgan fingerprint density at radius 3 is 2.64 bits per heavy atom. The van der Waals surface area contributed by atoms with Crippen molar-refractivity contribution in [1.82, 2.24) is 4.90 Å². The van der Waals surface area contributed by atoms with E-state index in [4.69, 9.17) is 15.2 Å². The van der Waals surface area contributed by atoms with E-state index in [1.165, 1.54) is 12.1 Å². The summed E-state index contributed by atoms with van der Waals surface area (Å²) in [6.07, 6.45) is 0. The van der Waals surface area contributed by atoms with Crippen LogP contribution in [-0.4, -0.2) is 50.8 Å². The molecule has 0 saturated carbocycles. The lowest BCUT2D eigenvalue weighted by atomic mass is 10.0. The summed E-state index contributed by atoms with van der Waals surface area (Å²) in [4.78, 5) is 6.86. The monoisotopic (exact) mass is 386 g/mol. The Kier molecular flexibility index (Phi) is 7.36. The minimum Gasteiger partial charge on any atom is -0.380 e. The van der Waals surface area contributed by atoms with E-state index in [0.29, 0.717) is 32.3 Å². The summed E-state index contributed by atoms with van der Waals surface area (Å²) >= 11 is 0. The number of nitrogens with one attached hydrogen (secondary N) is 1. The molecule has 1 aliphatic heterocycles. The molecule has 6 nitrogen and oxygen atoms in total. The molecule has 3 rings (SSSR count). The van der Waals surface area contributed by atoms with E-state index in [1.54, 1.807) is 7.11 Å². The number of para-hydroxylation sites is 1. The number of aliphatic imine (C=N–C) groups is 1. The smallest absolute Gasteiger partial charge is 0.193 e. The van der Waals surface area contributed by atoms with Crippen molar-refractivity contribution in [2.45, 2.75) is 12.6 Å². The minimum absolute atomic E-state index is 0.0130. The van der Waals surface area contributed by atoms with Crippen LogP contribution in [0.15, 0.2) is 53.5 Å². The number of hydrogen-bond donors (Lipinski definition) is 2. The van der Waals surface area contributed by atoms with Gasteiger partial charge < -0.3 is 20.5 Å². The van der Waals surface area contributed by atoms with Crippen molar-refractivity contribution >= 4 is 11.6 Å². The van der Waals surface area contributed by atoms with Crippen LogP contribution in [-0.2, 0) is 16.1 Å². The summed E-state index contributed by atoms with van der Waals surface area (Å²) < 4.78 is 24.0. The van der Waals surface area contributed by atoms with Gasteiger partial charge in [-0.3, -0.25) is 9.89 Å². The standard InChI is InChI=1S/C21H27FN4O2/c1-27-15-17-4-2-3-5-19(17)25-21(23)24-14-20(26-10-12-28-13-11-26)16-6-8-18(22)9-7-16/h2-9,20H,10-15H2,1H3,(H3,23,24,25). The molecule has 2 aromatic rings. The molecule has 3 N–H and O–H groups in total. The summed E-state index contributed by atoms with van der Waals surface area (Å²) in [7, 11) is 1.66. The van der Waals surface area contributed by atoms with Crippen molar-refractivity contribution < 1.29 is 13.9 Å². The number of halogens is 1. The molecule has 2 aromatic carbocycles. The molecule has 0 amide bonds. The van der Waals surface area contributed by atoms with Crippen molar-refractivity contribution in [2.75, 3.05) is 45.3 Å². The third-order valence-electron chi connectivity index (χ3n) is 4.76. The molecule has 7 heteroatoms. The van der Waals surface area contributed by atoms with Gasteiger partial charge in [0.15, 0.2) is 5.96 Å². The van der Waals surface area contributed by atoms with E-state index >= 15 is 0 Å². The number of nitrogens with two attached hydrogens (primary N) is 1. The van der Waals surface area contributed by atoms with Crippen LogP contribution in [0.3, 0.4) is 0 Å². The molecule has 1 aliphatic rings. The van der Waals surface area contributed by atoms with Crippen LogP contribution in [0.1, 0.15) is 17.2 Å². The highest BCUT2D eigenvalue weighted by Gasteiger charge is 2.22. The largest absolute Gasteiger partial charge is 0.380 e. The van der Waals surface area contributed by atoms with Gasteiger partial charge in [-0.15, -0.1) is 0 Å². The molecule has 0 aliphatic carbocycles. The van der Waals surface area contributed by atoms with E-state index in [-0.39, 0.29) is 11.9 Å². The normalized spacial score (nSPS) is 16.7. The number of morpholine rings is 1. The Hall–Kier alpha value is -2.48. The van der Waals surface area contributed by atoms with Crippen LogP contribution in [0.4, 0.5) is 10.1 Å². The van der Waals surface area contributed by atoms with E-state index in [2.05, 4.69) is 15.2 Å². The maximum Gasteiger partial charge on any atom is 0.193 e. The topological polar surface area (TPSA) is 72.1 Å². The first kappa shape index (κ1) is 20.3. The summed E-state index contributed by atoms with van der Waals surface area (Å²) in [5.41, 5.74) is 9.04. The summed E-state index contributed by atoms with van der Waals surface area (Å²) in [5.74, 6) is 0.0906. The van der Waals surface area contributed by atoms with Gasteiger partial charge in [-0.1, -0.05) is 30.3 Å². The maximum atomic E-state index is 13.3. The molecule has 0 aromatic heterocycles. The molecule has 1 heterocycles. The zero-order valence-electron chi connectivity index (χ0n) is 16.1. The number of anilines is 1. The average molecular weight is 386 g/mol. The fourth-order valence-electron chi connectivity index (χ4n) is 3.29. The lowest BCUT2D eigenvalue weighted by Crippen LogP contribution is -2.40. The summed E-state index contributed by atoms with van der Waals surface area (Å²) in [5, 5.41) is 3.16. The SMILES string of the molecule is COCc1ccccc1NC(N)=NCC(c1ccc(F)cc1)N1CCOCC1. The van der Waals surface area contributed by atoms with Crippen molar-refractivity contribution in [1.29, 1.82) is 0 Å². The minimum atomic E-state index is -0.246. The molecule has 0 bridgehead atoms. The Morgan fingerprint density at radius 1 is 1.21 bits per heavy atom. The van der Waals surface area contributed by atoms with Gasteiger partial charge in [0, 0.05) is 31.5 Å². The molecule has 0 radical (unpaired) electrons. The molecule has 1 saturated heterocycles. The first-order valence-electron chi connectivity index (χ1n) is 9.38. The zero-order chi connectivity index (χ0) is 19.8. The lowest BCUT2D eigenvalue weighted by molar-refractivity contribution is 0.0180. The number of guanidine groups is 1. The fourth-order valence-corrected chi connectivity index (χ4v) is 3.29. The Morgan fingerprint density at radius 2 is 1.93 bits per heavy atom. The third-order valence-corrected chi connectivity index (χ3v) is 4.76. The predicted molar refractivity (Wildman–Crippen MR) is 109 cm³/mol. The van der Waals surface area contributed by atoms with Crippen LogP contribution in [0.2, 0.25) is 0 Å².